The molecule has 0 saturated carbocycles. The van der Waals surface area contributed by atoms with E-state index >= 15 is 0 Å². The molecule has 0 spiro atoms. The van der Waals surface area contributed by atoms with Crippen molar-refractivity contribution in [1.29, 1.82) is 0 Å². The molecule has 1 aromatic rings. The van der Waals surface area contributed by atoms with E-state index < -0.39 is 42.7 Å². The number of ether oxygens (including phenoxy) is 3. The molecule has 9 heteroatoms. The first-order valence-corrected chi connectivity index (χ1v) is 5.89. The smallest absolute Gasteiger partial charge is 0.355 e. The average molecular weight is 284 g/mol. The minimum Gasteiger partial charge on any atom is -0.464 e. The fourth-order valence-corrected chi connectivity index (χ4v) is 2.39. The van der Waals surface area contributed by atoms with Crippen molar-refractivity contribution in [2.24, 2.45) is 0 Å². The molecule has 2 N–H and O–H groups in total. The summed E-state index contributed by atoms with van der Waals surface area (Å²) < 4.78 is 16.6. The number of hydrogen-bond acceptors (Lipinski definition) is 8. The van der Waals surface area contributed by atoms with Crippen molar-refractivity contribution in [1.82, 2.24) is 9.55 Å². The van der Waals surface area contributed by atoms with Gasteiger partial charge in [-0.15, -0.1) is 0 Å². The molecule has 20 heavy (non-hydrogen) atoms. The number of hydrogen-bond donors (Lipinski definition) is 2. The number of carbonyl (C=O) groups excluding carboxylic acids is 1. The van der Waals surface area contributed by atoms with Crippen LogP contribution in [0.2, 0.25) is 0 Å². The van der Waals surface area contributed by atoms with E-state index in [0.717, 1.165) is 6.07 Å². The molecular weight excluding hydrogens is 272 g/mol. The number of fused-ring (bicyclic) bond motifs is 3. The van der Waals surface area contributed by atoms with Gasteiger partial charge in [-0.3, -0.25) is 9.36 Å². The molecule has 0 amide bonds. The van der Waals surface area contributed by atoms with E-state index in [9.17, 15) is 14.7 Å². The molecule has 1 aromatic heterocycles. The van der Waals surface area contributed by atoms with Crippen LogP contribution < -0.4 is 10.3 Å². The van der Waals surface area contributed by atoms with E-state index in [1.165, 1.54) is 11.7 Å². The Labute approximate surface area is 112 Å². The Balaban J connectivity index is 2.09. The Morgan fingerprint density at radius 2 is 2.35 bits per heavy atom. The van der Waals surface area contributed by atoms with Crippen LogP contribution in [0.4, 0.5) is 0 Å². The quantitative estimate of drug-likeness (QED) is 0.601. The van der Waals surface area contributed by atoms with E-state index in [1.807, 2.05) is 0 Å². The summed E-state index contributed by atoms with van der Waals surface area (Å²) in [6.07, 6.45) is -3.61. The van der Waals surface area contributed by atoms with Crippen LogP contribution in [0.5, 0.6) is 6.01 Å². The van der Waals surface area contributed by atoms with Crippen LogP contribution in [-0.2, 0) is 9.47 Å². The first kappa shape index (κ1) is 13.0. The Morgan fingerprint density at radius 3 is 3.00 bits per heavy atom. The molecule has 2 aliphatic rings. The van der Waals surface area contributed by atoms with Crippen molar-refractivity contribution in [3.63, 3.8) is 0 Å². The Kier molecular flexibility index (Phi) is 2.96. The molecule has 4 atom stereocenters. The number of nitrogens with zero attached hydrogens (tertiary/aromatic N) is 2. The largest absolute Gasteiger partial charge is 0.464 e. The number of aliphatic hydroxyl groups is 2. The molecule has 1 fully saturated rings. The fourth-order valence-electron chi connectivity index (χ4n) is 2.39. The lowest BCUT2D eigenvalue weighted by molar-refractivity contribution is -0.0443. The van der Waals surface area contributed by atoms with Gasteiger partial charge in [-0.1, -0.05) is 0 Å². The second-order valence-electron chi connectivity index (χ2n) is 4.44. The van der Waals surface area contributed by atoms with Crippen molar-refractivity contribution < 1.29 is 29.2 Å². The van der Waals surface area contributed by atoms with Crippen molar-refractivity contribution in [3.8, 4) is 6.01 Å². The topological polar surface area (TPSA) is 120 Å². The highest BCUT2D eigenvalue weighted by molar-refractivity contribution is 5.87. The highest BCUT2D eigenvalue weighted by Gasteiger charge is 2.52. The minimum absolute atomic E-state index is 0.0826. The highest BCUT2D eigenvalue weighted by Crippen LogP contribution is 2.39. The monoisotopic (exact) mass is 284 g/mol. The molecule has 9 nitrogen and oxygen atoms in total. The summed E-state index contributed by atoms with van der Waals surface area (Å²) >= 11 is 0. The number of esters is 1. The van der Waals surface area contributed by atoms with Crippen LogP contribution >= 0.6 is 0 Å². The Bertz CT molecular complexity index is 613. The molecule has 2 aliphatic heterocycles. The first-order chi connectivity index (χ1) is 9.56. The van der Waals surface area contributed by atoms with Gasteiger partial charge in [0.15, 0.2) is 12.3 Å². The molecule has 3 heterocycles. The van der Waals surface area contributed by atoms with Crippen LogP contribution in [0.3, 0.4) is 0 Å². The summed E-state index contributed by atoms with van der Waals surface area (Å²) in [5, 5.41) is 19.0. The molecule has 3 rings (SSSR count). The first-order valence-electron chi connectivity index (χ1n) is 5.89. The fraction of sp³-hybridized carbons (Fsp3) is 0.545. The van der Waals surface area contributed by atoms with Gasteiger partial charge in [-0.05, 0) is 0 Å². The second kappa shape index (κ2) is 4.54. The van der Waals surface area contributed by atoms with Gasteiger partial charge < -0.3 is 24.4 Å². The zero-order chi connectivity index (χ0) is 14.4. The van der Waals surface area contributed by atoms with Crippen molar-refractivity contribution in [3.05, 3.63) is 22.1 Å². The van der Waals surface area contributed by atoms with Crippen molar-refractivity contribution in [2.45, 2.75) is 24.5 Å². The maximum atomic E-state index is 11.7. The lowest BCUT2D eigenvalue weighted by Crippen LogP contribution is -2.34. The van der Waals surface area contributed by atoms with Gasteiger partial charge in [0.25, 0.3) is 5.56 Å². The van der Waals surface area contributed by atoms with E-state index in [-0.39, 0.29) is 11.7 Å². The van der Waals surface area contributed by atoms with Crippen LogP contribution in [0.1, 0.15) is 16.7 Å². The number of aliphatic hydroxyl groups excluding tert-OH is 2. The molecule has 0 aliphatic carbocycles. The van der Waals surface area contributed by atoms with Gasteiger partial charge in [0, 0.05) is 6.07 Å². The zero-order valence-electron chi connectivity index (χ0n) is 10.4. The van der Waals surface area contributed by atoms with Gasteiger partial charge in [0.05, 0.1) is 13.7 Å². The standard InChI is InChI=1S/C11H12N2O7/c1-18-10(17)4-2-6(15)12-11-13(4)9-8(20-11)7(16)5(3-14)19-9/h2,5,7-9,14,16H,3H2,1H3/t5-,7-,8-,9-/m0/s1. The van der Waals surface area contributed by atoms with E-state index in [4.69, 9.17) is 14.6 Å². The summed E-state index contributed by atoms with van der Waals surface area (Å²) in [6, 6.07) is 0.881. The molecule has 0 aromatic carbocycles. The number of carbonyl (C=O) groups is 1. The summed E-state index contributed by atoms with van der Waals surface area (Å²) in [5.74, 6) is -0.750. The predicted octanol–water partition coefficient (Wildman–Crippen LogP) is -1.96. The lowest BCUT2D eigenvalue weighted by atomic mass is 10.1. The molecule has 108 valence electrons. The predicted molar refractivity (Wildman–Crippen MR) is 61.3 cm³/mol. The summed E-state index contributed by atoms with van der Waals surface area (Å²) in [7, 11) is 1.17. The molecule has 0 radical (unpaired) electrons. The molecule has 1 saturated heterocycles. The summed E-state index contributed by atoms with van der Waals surface area (Å²) in [6.45, 7) is -0.395. The van der Waals surface area contributed by atoms with Crippen molar-refractivity contribution in [2.75, 3.05) is 13.7 Å². The number of aromatic nitrogens is 2. The number of rotatable bonds is 2. The normalized spacial score (nSPS) is 30.6. The van der Waals surface area contributed by atoms with E-state index in [0.29, 0.717) is 0 Å². The lowest BCUT2D eigenvalue weighted by Gasteiger charge is -2.15. The maximum Gasteiger partial charge on any atom is 0.355 e. The van der Waals surface area contributed by atoms with Gasteiger partial charge in [0.1, 0.15) is 17.9 Å². The minimum atomic E-state index is -1.09. The van der Waals surface area contributed by atoms with Crippen molar-refractivity contribution >= 4 is 5.97 Å². The Morgan fingerprint density at radius 1 is 1.60 bits per heavy atom. The third-order valence-corrected chi connectivity index (χ3v) is 3.31. The molecule has 0 unspecified atom stereocenters. The number of methoxy groups -OCH3 is 1. The van der Waals surface area contributed by atoms with E-state index in [2.05, 4.69) is 9.72 Å². The summed E-state index contributed by atoms with van der Waals surface area (Å²) in [5.41, 5.74) is -0.745. The van der Waals surface area contributed by atoms with Crippen LogP contribution in [0.15, 0.2) is 10.9 Å². The van der Waals surface area contributed by atoms with Crippen LogP contribution in [-0.4, -0.2) is 57.8 Å². The van der Waals surface area contributed by atoms with Gasteiger partial charge >= 0.3 is 12.0 Å². The third-order valence-electron chi connectivity index (χ3n) is 3.31. The summed E-state index contributed by atoms with van der Waals surface area (Å²) in [4.78, 5) is 26.8. The Hall–Kier alpha value is -1.97. The molecular formula is C11H12N2O7. The maximum absolute atomic E-state index is 11.7. The second-order valence-corrected chi connectivity index (χ2v) is 4.44. The van der Waals surface area contributed by atoms with Gasteiger partial charge in [-0.2, -0.15) is 4.98 Å². The SMILES string of the molecule is COC(=O)c1cc(=O)nc2n1[C@H]1O[C@@H](CO)[C@H](O)[C@@H]1O2. The zero-order valence-corrected chi connectivity index (χ0v) is 10.4. The van der Waals surface area contributed by atoms with Gasteiger partial charge in [0.2, 0.25) is 0 Å². The van der Waals surface area contributed by atoms with Gasteiger partial charge in [-0.25, -0.2) is 4.79 Å². The van der Waals surface area contributed by atoms with Crippen LogP contribution in [0, 0.1) is 0 Å². The molecule has 0 bridgehead atoms. The average Bonchev–Trinajstić information content (AvgIpc) is 2.93. The van der Waals surface area contributed by atoms with E-state index in [1.54, 1.807) is 0 Å². The van der Waals surface area contributed by atoms with Crippen LogP contribution in [0.25, 0.3) is 0 Å². The highest BCUT2D eigenvalue weighted by atomic mass is 16.6. The third kappa shape index (κ3) is 1.71.